The highest BCUT2D eigenvalue weighted by atomic mass is 28.3. The number of aromatic nitrogens is 3. The molecule has 0 unspecified atom stereocenters. The van der Waals surface area contributed by atoms with E-state index in [0.29, 0.717) is 12.4 Å². The van der Waals surface area contributed by atoms with Gasteiger partial charge in [-0.15, -0.1) is 0 Å². The van der Waals surface area contributed by atoms with Crippen LogP contribution < -0.4 is 4.90 Å². The van der Waals surface area contributed by atoms with Gasteiger partial charge in [0.2, 0.25) is 11.9 Å². The first kappa shape index (κ1) is 30.0. The number of benzene rings is 1. The van der Waals surface area contributed by atoms with Crippen molar-refractivity contribution in [3.05, 3.63) is 35.0 Å². The van der Waals surface area contributed by atoms with Crippen LogP contribution in [0.3, 0.4) is 0 Å². The van der Waals surface area contributed by atoms with Crippen molar-refractivity contribution in [2.75, 3.05) is 24.7 Å². The Labute approximate surface area is 247 Å². The van der Waals surface area contributed by atoms with Crippen molar-refractivity contribution in [3.63, 3.8) is 0 Å². The minimum atomic E-state index is -1.52. The first-order valence-electron chi connectivity index (χ1n) is 14.9. The van der Waals surface area contributed by atoms with Crippen LogP contribution in [0, 0.1) is 0 Å². The van der Waals surface area contributed by atoms with Gasteiger partial charge < -0.3 is 19.2 Å². The predicted molar refractivity (Wildman–Crippen MR) is 163 cm³/mol. The lowest BCUT2D eigenvalue weighted by Gasteiger charge is -2.26. The maximum absolute atomic E-state index is 13.8. The molecule has 2 aliphatic rings. The highest BCUT2D eigenvalue weighted by Gasteiger charge is 2.52. The fourth-order valence-corrected chi connectivity index (χ4v) is 6.65. The van der Waals surface area contributed by atoms with E-state index in [9.17, 15) is 14.4 Å². The Morgan fingerprint density at radius 3 is 2.43 bits per heavy atom. The van der Waals surface area contributed by atoms with Crippen LogP contribution in [-0.2, 0) is 53.6 Å². The average molecular weight is 595 g/mol. The number of nitrogens with one attached hydrogen (secondary N) is 1. The molecule has 5 rings (SSSR count). The molecule has 42 heavy (non-hydrogen) atoms. The molecule has 0 saturated heterocycles. The van der Waals surface area contributed by atoms with Crippen LogP contribution in [-0.4, -0.2) is 66.5 Å². The molecule has 226 valence electrons. The summed E-state index contributed by atoms with van der Waals surface area (Å²) in [6.07, 6.45) is 4.74. The lowest BCUT2D eigenvalue weighted by molar-refractivity contribution is -0.157. The number of carbonyl (C=O) groups is 3. The van der Waals surface area contributed by atoms with Crippen molar-refractivity contribution in [1.82, 2.24) is 14.8 Å². The van der Waals surface area contributed by atoms with Gasteiger partial charge in [0.05, 0.1) is 30.0 Å². The molecular weight excluding hydrogens is 552 g/mol. The van der Waals surface area contributed by atoms with Gasteiger partial charge >= 0.3 is 11.9 Å². The number of fused-ring (bicyclic) bond motifs is 6. The summed E-state index contributed by atoms with van der Waals surface area (Å²) in [6, 6.07) is 3.49. The van der Waals surface area contributed by atoms with E-state index in [4.69, 9.17) is 19.3 Å². The molecule has 0 radical (unpaired) electrons. The Kier molecular flexibility index (Phi) is 8.10. The molecule has 2 aromatic heterocycles. The number of H-pyrrole nitrogens is 1. The Morgan fingerprint density at radius 1 is 1.10 bits per heavy atom. The first-order valence-corrected chi connectivity index (χ1v) is 18.6. The van der Waals surface area contributed by atoms with E-state index in [-0.39, 0.29) is 19.1 Å². The number of rotatable bonds is 10. The summed E-state index contributed by atoms with van der Waals surface area (Å²) in [4.78, 5) is 44.8. The number of aryl methyl sites for hydroxylation is 2. The summed E-state index contributed by atoms with van der Waals surface area (Å²) in [6.45, 7) is 15.3. The fraction of sp³-hybridized carbons (Fsp3) is 0.548. The zero-order valence-corrected chi connectivity index (χ0v) is 26.8. The second-order valence-electron chi connectivity index (χ2n) is 12.8. The van der Waals surface area contributed by atoms with Gasteiger partial charge in [-0.05, 0) is 81.8 Å². The van der Waals surface area contributed by atoms with Crippen molar-refractivity contribution < 1.29 is 28.6 Å². The maximum Gasteiger partial charge on any atom is 0.341 e. The number of aromatic amines is 1. The van der Waals surface area contributed by atoms with Crippen LogP contribution in [0.5, 0.6) is 0 Å². The van der Waals surface area contributed by atoms with Crippen LogP contribution in [0.25, 0.3) is 22.3 Å². The molecule has 0 atom stereocenters. The number of hydrogen-bond acceptors (Lipinski definition) is 7. The van der Waals surface area contributed by atoms with Crippen LogP contribution in [0.1, 0.15) is 50.8 Å². The van der Waals surface area contributed by atoms with Gasteiger partial charge in [0, 0.05) is 31.8 Å². The number of hydrogen-bond donors (Lipinski definition) is 1. The summed E-state index contributed by atoms with van der Waals surface area (Å²) in [5.41, 5.74) is 5.33. The van der Waals surface area contributed by atoms with Gasteiger partial charge in [-0.3, -0.25) is 9.69 Å². The second-order valence-corrected chi connectivity index (χ2v) is 18.5. The minimum absolute atomic E-state index is 0.0791. The number of carbonyl (C=O) groups excluding carboxylic acids is 3. The van der Waals surface area contributed by atoms with Crippen molar-refractivity contribution >= 4 is 42.5 Å². The minimum Gasteiger partial charge on any atom is -0.464 e. The standard InChI is InChI=1S/C31H42N4O6Si/c1-8-40-28(36)27(29(37)41-9-2)35-24-15-21-20-12-10-11-19-17-34(18-39-13-14-42(5,6)7)33-25(19)26(20)32-23(21)16-22(24)31(3,4)30(35)38/h15-17,27,32H,8-14,18H2,1-7H3. The lowest BCUT2D eigenvalue weighted by Crippen LogP contribution is -2.52. The van der Waals surface area contributed by atoms with Gasteiger partial charge in [-0.25, -0.2) is 14.3 Å². The monoisotopic (exact) mass is 594 g/mol. The topological polar surface area (TPSA) is 116 Å². The number of nitrogens with zero attached hydrogens (tertiary/aromatic N) is 3. The van der Waals surface area contributed by atoms with Crippen LogP contribution >= 0.6 is 0 Å². The highest BCUT2D eigenvalue weighted by Crippen LogP contribution is 2.47. The van der Waals surface area contributed by atoms with Crippen LogP contribution in [0.4, 0.5) is 5.69 Å². The summed E-state index contributed by atoms with van der Waals surface area (Å²) in [5.74, 6) is -1.95. The Morgan fingerprint density at radius 2 is 1.79 bits per heavy atom. The zero-order chi connectivity index (χ0) is 30.4. The molecule has 11 heteroatoms. The largest absolute Gasteiger partial charge is 0.464 e. The molecule has 0 fully saturated rings. The van der Waals surface area contributed by atoms with Crippen molar-refractivity contribution in [1.29, 1.82) is 0 Å². The third-order valence-electron chi connectivity index (χ3n) is 8.15. The summed E-state index contributed by atoms with van der Waals surface area (Å²) < 4.78 is 18.3. The third kappa shape index (κ3) is 5.40. The number of ether oxygens (including phenoxy) is 3. The molecule has 3 aromatic rings. The fourth-order valence-electron chi connectivity index (χ4n) is 5.89. The molecule has 0 saturated carbocycles. The molecule has 1 amide bonds. The van der Waals surface area contributed by atoms with Gasteiger partial charge in [-0.1, -0.05) is 19.6 Å². The summed E-state index contributed by atoms with van der Waals surface area (Å²) in [7, 11) is -1.17. The number of amides is 1. The van der Waals surface area contributed by atoms with Crippen molar-refractivity contribution in [2.24, 2.45) is 0 Å². The maximum atomic E-state index is 13.8. The molecule has 0 spiro atoms. The number of esters is 2. The Bertz CT molecular complexity index is 1510. The lowest BCUT2D eigenvalue weighted by atomic mass is 9.85. The summed E-state index contributed by atoms with van der Waals surface area (Å²) in [5, 5.41) is 5.86. The Hall–Kier alpha value is -3.44. The average Bonchev–Trinajstić information content (AvgIpc) is 3.49. The molecule has 1 aliphatic heterocycles. The molecule has 10 nitrogen and oxygen atoms in total. The number of anilines is 1. The van der Waals surface area contributed by atoms with Gasteiger partial charge in [0.25, 0.3) is 0 Å². The van der Waals surface area contributed by atoms with Crippen LogP contribution in [0.2, 0.25) is 25.7 Å². The van der Waals surface area contributed by atoms with Gasteiger partial charge in [0.15, 0.2) is 0 Å². The van der Waals surface area contributed by atoms with E-state index < -0.39 is 31.5 Å². The van der Waals surface area contributed by atoms with Crippen molar-refractivity contribution in [3.8, 4) is 11.4 Å². The molecular formula is C31H42N4O6Si. The predicted octanol–water partition coefficient (Wildman–Crippen LogP) is 4.95. The molecule has 1 N–H and O–H groups in total. The van der Waals surface area contributed by atoms with E-state index in [1.54, 1.807) is 13.8 Å². The summed E-state index contributed by atoms with van der Waals surface area (Å²) >= 11 is 0. The third-order valence-corrected chi connectivity index (χ3v) is 9.86. The second kappa shape index (κ2) is 11.3. The Balaban J connectivity index is 1.56. The van der Waals surface area contributed by atoms with E-state index in [1.807, 2.05) is 30.7 Å². The van der Waals surface area contributed by atoms with E-state index in [1.165, 1.54) is 10.5 Å². The van der Waals surface area contributed by atoms with E-state index in [2.05, 4.69) is 30.8 Å². The first-order chi connectivity index (χ1) is 19.9. The molecule has 1 aromatic carbocycles. The van der Waals surface area contributed by atoms with Crippen LogP contribution in [0.15, 0.2) is 18.3 Å². The van der Waals surface area contributed by atoms with Crippen molar-refractivity contribution in [2.45, 2.75) is 90.8 Å². The quantitative estimate of drug-likeness (QED) is 0.153. The smallest absolute Gasteiger partial charge is 0.341 e. The SMILES string of the molecule is CCOC(=O)C(C(=O)OCC)N1C(=O)C(C)(C)c2cc3[nH]c4c(c3cc21)CCCc1cn(COCC[Si](C)(C)C)nc1-4. The van der Waals surface area contributed by atoms with Gasteiger partial charge in [0.1, 0.15) is 12.4 Å². The molecule has 1 aliphatic carbocycles. The zero-order valence-electron chi connectivity index (χ0n) is 25.8. The molecule has 3 heterocycles. The van der Waals surface area contributed by atoms with Gasteiger partial charge in [-0.2, -0.15) is 5.10 Å². The van der Waals surface area contributed by atoms with E-state index >= 15 is 0 Å². The highest BCUT2D eigenvalue weighted by molar-refractivity contribution is 6.76. The normalized spacial score (nSPS) is 15.9. The van der Waals surface area contributed by atoms with E-state index in [0.717, 1.165) is 65.3 Å². The molecule has 0 bridgehead atoms.